The van der Waals surface area contributed by atoms with E-state index in [-0.39, 0.29) is 0 Å². The molecule has 124 valence electrons. The third-order valence-corrected chi connectivity index (χ3v) is 3.87. The van der Waals surface area contributed by atoms with Gasteiger partial charge in [0.25, 0.3) is 0 Å². The van der Waals surface area contributed by atoms with Crippen LogP contribution in [0.15, 0.2) is 12.1 Å². The summed E-state index contributed by atoms with van der Waals surface area (Å²) in [5, 5.41) is 0. The normalized spacial score (nSPS) is 16.0. The van der Waals surface area contributed by atoms with E-state index in [1.54, 1.807) is 28.4 Å². The van der Waals surface area contributed by atoms with Crippen molar-refractivity contribution < 1.29 is 18.9 Å². The van der Waals surface area contributed by atoms with Crippen LogP contribution in [-0.2, 0) is 11.3 Å². The van der Waals surface area contributed by atoms with Gasteiger partial charge in [-0.15, -0.1) is 0 Å². The van der Waals surface area contributed by atoms with E-state index in [9.17, 15) is 0 Å². The SMILES string of the molecule is COCCN1CCN(Cc2cc(OC)c(OC)c(OC)c2)C1. The third-order valence-electron chi connectivity index (χ3n) is 3.87. The molecule has 22 heavy (non-hydrogen) atoms. The highest BCUT2D eigenvalue weighted by Gasteiger charge is 2.21. The first-order valence-electron chi connectivity index (χ1n) is 7.44. The lowest BCUT2D eigenvalue weighted by atomic mass is 10.1. The molecule has 1 fully saturated rings. The number of rotatable bonds is 8. The van der Waals surface area contributed by atoms with Crippen molar-refractivity contribution in [3.05, 3.63) is 17.7 Å². The van der Waals surface area contributed by atoms with E-state index in [4.69, 9.17) is 18.9 Å². The molecule has 1 aliphatic heterocycles. The zero-order chi connectivity index (χ0) is 15.9. The van der Waals surface area contributed by atoms with Crippen molar-refractivity contribution in [2.75, 3.05) is 61.3 Å². The first-order valence-corrected chi connectivity index (χ1v) is 7.44. The Bertz CT molecular complexity index is 456. The Morgan fingerprint density at radius 2 is 1.55 bits per heavy atom. The van der Waals surface area contributed by atoms with E-state index >= 15 is 0 Å². The summed E-state index contributed by atoms with van der Waals surface area (Å²) < 4.78 is 21.3. The van der Waals surface area contributed by atoms with Crippen molar-refractivity contribution in [1.82, 2.24) is 9.80 Å². The fraction of sp³-hybridized carbons (Fsp3) is 0.625. The fourth-order valence-corrected chi connectivity index (χ4v) is 2.72. The van der Waals surface area contributed by atoms with Gasteiger partial charge in [0.15, 0.2) is 11.5 Å². The molecular formula is C16H26N2O4. The lowest BCUT2D eigenvalue weighted by molar-refractivity contribution is 0.147. The predicted octanol–water partition coefficient (Wildman–Crippen LogP) is 1.43. The first kappa shape index (κ1) is 16.9. The quantitative estimate of drug-likeness (QED) is 0.724. The average Bonchev–Trinajstić information content (AvgIpc) is 2.99. The molecule has 6 nitrogen and oxygen atoms in total. The maximum absolute atomic E-state index is 5.41. The van der Waals surface area contributed by atoms with Gasteiger partial charge in [-0.1, -0.05) is 0 Å². The van der Waals surface area contributed by atoms with Crippen LogP contribution < -0.4 is 14.2 Å². The van der Waals surface area contributed by atoms with Crippen LogP contribution in [0, 0.1) is 0 Å². The van der Waals surface area contributed by atoms with Crippen molar-refractivity contribution in [3.8, 4) is 17.2 Å². The summed E-state index contributed by atoms with van der Waals surface area (Å²) >= 11 is 0. The number of ether oxygens (including phenoxy) is 4. The number of hydrogen-bond donors (Lipinski definition) is 0. The van der Waals surface area contributed by atoms with Gasteiger partial charge in [-0.2, -0.15) is 0 Å². The molecule has 6 heteroatoms. The molecule has 1 heterocycles. The maximum atomic E-state index is 5.41. The number of methoxy groups -OCH3 is 4. The maximum Gasteiger partial charge on any atom is 0.203 e. The molecule has 0 N–H and O–H groups in total. The molecule has 0 bridgehead atoms. The van der Waals surface area contributed by atoms with Crippen molar-refractivity contribution in [2.24, 2.45) is 0 Å². The molecule has 0 aromatic heterocycles. The molecule has 0 amide bonds. The second-order valence-electron chi connectivity index (χ2n) is 5.34. The predicted molar refractivity (Wildman–Crippen MR) is 84.8 cm³/mol. The Balaban J connectivity index is 2.04. The average molecular weight is 310 g/mol. The van der Waals surface area contributed by atoms with E-state index in [1.165, 1.54) is 0 Å². The van der Waals surface area contributed by atoms with Crippen LogP contribution in [0.5, 0.6) is 17.2 Å². The van der Waals surface area contributed by atoms with Gasteiger partial charge in [-0.05, 0) is 17.7 Å². The standard InChI is InChI=1S/C16H26N2O4/c1-19-8-7-17-5-6-18(12-17)11-13-9-14(20-2)16(22-4)15(10-13)21-3/h9-10H,5-8,11-12H2,1-4H3. The Morgan fingerprint density at radius 1 is 0.909 bits per heavy atom. The van der Waals surface area contributed by atoms with Crippen LogP contribution in [-0.4, -0.2) is 71.1 Å². The molecule has 0 spiro atoms. The molecule has 1 aromatic carbocycles. The highest BCUT2D eigenvalue weighted by atomic mass is 16.5. The number of nitrogens with zero attached hydrogens (tertiary/aromatic N) is 2. The van der Waals surface area contributed by atoms with Crippen LogP contribution in [0.25, 0.3) is 0 Å². The van der Waals surface area contributed by atoms with Gasteiger partial charge in [0.1, 0.15) is 0 Å². The minimum Gasteiger partial charge on any atom is -0.493 e. The highest BCUT2D eigenvalue weighted by molar-refractivity contribution is 5.53. The van der Waals surface area contributed by atoms with Crippen LogP contribution in [0.3, 0.4) is 0 Å². The first-order chi connectivity index (χ1) is 10.7. The summed E-state index contributed by atoms with van der Waals surface area (Å²) in [6.07, 6.45) is 0. The summed E-state index contributed by atoms with van der Waals surface area (Å²) in [4.78, 5) is 4.79. The van der Waals surface area contributed by atoms with Gasteiger partial charge in [0.2, 0.25) is 5.75 Å². The van der Waals surface area contributed by atoms with E-state index in [2.05, 4.69) is 9.80 Å². The molecular weight excluding hydrogens is 284 g/mol. The summed E-state index contributed by atoms with van der Waals surface area (Å²) in [7, 11) is 6.64. The monoisotopic (exact) mass is 310 g/mol. The zero-order valence-corrected chi connectivity index (χ0v) is 13.9. The highest BCUT2D eigenvalue weighted by Crippen LogP contribution is 2.38. The second-order valence-corrected chi connectivity index (χ2v) is 5.34. The van der Waals surface area contributed by atoms with E-state index in [0.717, 1.165) is 45.0 Å². The fourth-order valence-electron chi connectivity index (χ4n) is 2.72. The minimum atomic E-state index is 0.636. The minimum absolute atomic E-state index is 0.636. The van der Waals surface area contributed by atoms with E-state index in [0.29, 0.717) is 17.2 Å². The summed E-state index contributed by atoms with van der Waals surface area (Å²) in [5.41, 5.74) is 1.16. The Kier molecular flexibility index (Phi) is 6.30. The van der Waals surface area contributed by atoms with E-state index in [1.807, 2.05) is 12.1 Å². The van der Waals surface area contributed by atoms with Gasteiger partial charge in [-0.3, -0.25) is 9.80 Å². The molecule has 0 atom stereocenters. The number of benzene rings is 1. The van der Waals surface area contributed by atoms with Gasteiger partial charge in [-0.25, -0.2) is 0 Å². The van der Waals surface area contributed by atoms with Crippen molar-refractivity contribution in [1.29, 1.82) is 0 Å². The van der Waals surface area contributed by atoms with Gasteiger partial charge >= 0.3 is 0 Å². The van der Waals surface area contributed by atoms with Crippen molar-refractivity contribution >= 4 is 0 Å². The molecule has 0 saturated carbocycles. The van der Waals surface area contributed by atoms with Crippen molar-refractivity contribution in [3.63, 3.8) is 0 Å². The van der Waals surface area contributed by atoms with Crippen LogP contribution in [0.4, 0.5) is 0 Å². The lowest BCUT2D eigenvalue weighted by Gasteiger charge is -2.19. The van der Waals surface area contributed by atoms with Gasteiger partial charge in [0, 0.05) is 33.3 Å². The largest absolute Gasteiger partial charge is 0.493 e. The summed E-state index contributed by atoms with van der Waals surface area (Å²) in [5.74, 6) is 2.04. The Labute approximate surface area is 132 Å². The van der Waals surface area contributed by atoms with Gasteiger partial charge < -0.3 is 18.9 Å². The van der Waals surface area contributed by atoms with Crippen LogP contribution in [0.2, 0.25) is 0 Å². The molecule has 0 unspecified atom stereocenters. The summed E-state index contributed by atoms with van der Waals surface area (Å²) in [6, 6.07) is 4.03. The number of hydrogen-bond acceptors (Lipinski definition) is 6. The smallest absolute Gasteiger partial charge is 0.203 e. The second kappa shape index (κ2) is 8.22. The Hall–Kier alpha value is -1.50. The Morgan fingerprint density at radius 3 is 2.09 bits per heavy atom. The molecule has 1 saturated heterocycles. The van der Waals surface area contributed by atoms with Crippen LogP contribution in [0.1, 0.15) is 5.56 Å². The zero-order valence-electron chi connectivity index (χ0n) is 13.9. The van der Waals surface area contributed by atoms with Gasteiger partial charge in [0.05, 0.1) is 34.6 Å². The van der Waals surface area contributed by atoms with E-state index < -0.39 is 0 Å². The molecule has 1 aromatic rings. The topological polar surface area (TPSA) is 43.4 Å². The third kappa shape index (κ3) is 4.03. The van der Waals surface area contributed by atoms with Crippen LogP contribution >= 0.6 is 0 Å². The van der Waals surface area contributed by atoms with Crippen molar-refractivity contribution in [2.45, 2.75) is 6.54 Å². The lowest BCUT2D eigenvalue weighted by Crippen LogP contribution is -2.28. The summed E-state index contributed by atoms with van der Waals surface area (Å²) in [6.45, 7) is 5.70. The molecule has 0 radical (unpaired) electrons. The molecule has 0 aliphatic carbocycles. The molecule has 2 rings (SSSR count). The molecule has 1 aliphatic rings.